The zero-order chi connectivity index (χ0) is 25.3. The number of fused-ring (bicyclic) bond motifs is 1. The lowest BCUT2D eigenvalue weighted by Crippen LogP contribution is -2.30. The number of ketones is 1. The van der Waals surface area contributed by atoms with Crippen molar-refractivity contribution in [2.45, 2.75) is 33.2 Å². The number of halogens is 1. The van der Waals surface area contributed by atoms with Gasteiger partial charge < -0.3 is 10.3 Å². The molecule has 3 aromatic heterocycles. The van der Waals surface area contributed by atoms with Crippen molar-refractivity contribution in [1.29, 1.82) is 0 Å². The van der Waals surface area contributed by atoms with E-state index in [1.165, 1.54) is 11.1 Å². The predicted molar refractivity (Wildman–Crippen MR) is 132 cm³/mol. The first-order valence-corrected chi connectivity index (χ1v) is 11.4. The summed E-state index contributed by atoms with van der Waals surface area (Å²) in [6.07, 6.45) is 4.29. The number of anilines is 1. The van der Waals surface area contributed by atoms with Gasteiger partial charge in [-0.15, -0.1) is 10.2 Å². The Balaban J connectivity index is 1.54. The highest BCUT2D eigenvalue weighted by molar-refractivity contribution is 6.31. The van der Waals surface area contributed by atoms with E-state index in [0.717, 1.165) is 6.42 Å². The molecule has 3 heterocycles. The minimum absolute atomic E-state index is 0.0328. The van der Waals surface area contributed by atoms with Crippen LogP contribution in [0.2, 0.25) is 5.02 Å². The molecule has 0 unspecified atom stereocenters. The molecule has 1 aromatic carbocycles. The summed E-state index contributed by atoms with van der Waals surface area (Å²) in [5, 5.41) is 13.7. The Morgan fingerprint density at radius 1 is 1.11 bits per heavy atom. The molecule has 2 N–H and O–H groups in total. The Bertz CT molecular complexity index is 1440. The van der Waals surface area contributed by atoms with Gasteiger partial charge >= 0.3 is 0 Å². The number of Topliss-reactive ketones (excluding diaryl/α,β-unsaturated/α-hetero) is 1. The fourth-order valence-electron chi connectivity index (χ4n) is 3.86. The van der Waals surface area contributed by atoms with Gasteiger partial charge in [0.1, 0.15) is 6.54 Å². The molecule has 0 radical (unpaired) electrons. The predicted octanol–water partition coefficient (Wildman–Crippen LogP) is 3.32. The molecule has 180 valence electrons. The second-order valence-electron chi connectivity index (χ2n) is 8.13. The van der Waals surface area contributed by atoms with Crippen molar-refractivity contribution < 1.29 is 14.4 Å². The number of likely N-dealkylation sites (N-methyl/N-ethyl adjacent to an activating group) is 1. The minimum atomic E-state index is -0.605. The number of carbonyl (C=O) groups excluding carboxylic acids is 3. The van der Waals surface area contributed by atoms with Gasteiger partial charge in [0.25, 0.3) is 5.91 Å². The summed E-state index contributed by atoms with van der Waals surface area (Å²) in [7, 11) is 1.59. The van der Waals surface area contributed by atoms with E-state index in [1.54, 1.807) is 59.7 Å². The number of rotatable bonds is 8. The molecule has 4 aromatic rings. The van der Waals surface area contributed by atoms with Crippen LogP contribution in [0.25, 0.3) is 16.7 Å². The lowest BCUT2D eigenvalue weighted by molar-refractivity contribution is -0.118. The van der Waals surface area contributed by atoms with Crippen LogP contribution in [0.3, 0.4) is 0 Å². The number of carbonyl (C=O) groups is 3. The van der Waals surface area contributed by atoms with Gasteiger partial charge in [0.2, 0.25) is 5.91 Å². The summed E-state index contributed by atoms with van der Waals surface area (Å²) < 4.78 is 3.19. The van der Waals surface area contributed by atoms with Gasteiger partial charge in [-0.1, -0.05) is 18.5 Å². The molecule has 10 nitrogen and oxygen atoms in total. The molecule has 0 fully saturated rings. The first-order chi connectivity index (χ1) is 16.7. The smallest absolute Gasteiger partial charge is 0.250 e. The third kappa shape index (κ3) is 4.65. The Hall–Kier alpha value is -4.05. The molecule has 11 heteroatoms. The van der Waals surface area contributed by atoms with E-state index in [1.807, 2.05) is 6.92 Å². The van der Waals surface area contributed by atoms with Gasteiger partial charge in [0.15, 0.2) is 17.4 Å². The third-order valence-corrected chi connectivity index (χ3v) is 6.01. The minimum Gasteiger partial charge on any atom is -0.366 e. The highest BCUT2D eigenvalue weighted by Crippen LogP contribution is 2.25. The van der Waals surface area contributed by atoms with Crippen LogP contribution < -0.4 is 10.6 Å². The summed E-state index contributed by atoms with van der Waals surface area (Å²) >= 11 is 6.06. The quantitative estimate of drug-likeness (QED) is 0.375. The molecule has 4 rings (SSSR count). The molecule has 0 bridgehead atoms. The van der Waals surface area contributed by atoms with Crippen molar-refractivity contribution in [3.63, 3.8) is 0 Å². The van der Waals surface area contributed by atoms with Crippen LogP contribution in [-0.2, 0) is 11.3 Å². The van der Waals surface area contributed by atoms with E-state index >= 15 is 0 Å². The maximum atomic E-state index is 13.0. The first kappa shape index (κ1) is 24.1. The Labute approximate surface area is 206 Å². The topological polar surface area (TPSA) is 129 Å². The van der Waals surface area contributed by atoms with Gasteiger partial charge in [0.05, 0.1) is 23.0 Å². The van der Waals surface area contributed by atoms with Gasteiger partial charge in [-0.05, 0) is 43.7 Å². The Morgan fingerprint density at radius 2 is 1.89 bits per heavy atom. The number of aromatic nitrogens is 5. The second-order valence-corrected chi connectivity index (χ2v) is 8.56. The van der Waals surface area contributed by atoms with Crippen LogP contribution in [-0.4, -0.2) is 49.2 Å². The van der Waals surface area contributed by atoms with Crippen molar-refractivity contribution >= 4 is 45.9 Å². The summed E-state index contributed by atoms with van der Waals surface area (Å²) in [5.74, 6) is -0.0858. The van der Waals surface area contributed by atoms with Crippen molar-refractivity contribution in [3.8, 4) is 5.82 Å². The largest absolute Gasteiger partial charge is 0.366 e. The molecule has 0 saturated heterocycles. The number of amides is 2. The zero-order valence-corrected chi connectivity index (χ0v) is 20.3. The van der Waals surface area contributed by atoms with Crippen molar-refractivity contribution in [3.05, 3.63) is 64.6 Å². The molecular formula is C24H24ClN7O3. The summed E-state index contributed by atoms with van der Waals surface area (Å²) in [6, 6.07) is 8.39. The normalized spacial score (nSPS) is 11.1. The average molecular weight is 494 g/mol. The average Bonchev–Trinajstić information content (AvgIpc) is 3.39. The van der Waals surface area contributed by atoms with Crippen LogP contribution in [0.4, 0.5) is 5.82 Å². The van der Waals surface area contributed by atoms with Crippen LogP contribution >= 0.6 is 11.6 Å². The van der Waals surface area contributed by atoms with E-state index in [9.17, 15) is 14.4 Å². The summed E-state index contributed by atoms with van der Waals surface area (Å²) in [5.41, 5.74) is 7.68. The molecule has 0 aliphatic carbocycles. The molecule has 0 saturated carbocycles. The standard InChI is InChI=1S/C24H24ClN7O3/c1-4-5-20(33)17-11-27-32(14(17)2)22-9-8-21(28-29-22)30(3)23(34)13-31-12-18(24(26)35)16-10-15(25)6-7-19(16)31/h6-12H,4-5,13H2,1-3H3,(H2,26,35). The maximum Gasteiger partial charge on any atom is 0.250 e. The molecular weight excluding hydrogens is 470 g/mol. The van der Waals surface area contributed by atoms with Crippen LogP contribution in [0.15, 0.2) is 42.7 Å². The lowest BCUT2D eigenvalue weighted by Gasteiger charge is -2.17. The van der Waals surface area contributed by atoms with Crippen molar-refractivity contribution in [2.24, 2.45) is 5.73 Å². The first-order valence-electron chi connectivity index (χ1n) is 11.0. The number of nitrogens with zero attached hydrogens (tertiary/aromatic N) is 6. The highest BCUT2D eigenvalue weighted by atomic mass is 35.5. The van der Waals surface area contributed by atoms with E-state index in [-0.39, 0.29) is 23.8 Å². The fraction of sp³-hybridized carbons (Fsp3) is 0.250. The molecule has 0 spiro atoms. The van der Waals surface area contributed by atoms with Crippen molar-refractivity contribution in [1.82, 2.24) is 24.5 Å². The highest BCUT2D eigenvalue weighted by Gasteiger charge is 2.19. The lowest BCUT2D eigenvalue weighted by atomic mass is 10.1. The molecule has 0 aliphatic rings. The van der Waals surface area contributed by atoms with E-state index in [4.69, 9.17) is 17.3 Å². The van der Waals surface area contributed by atoms with Crippen molar-refractivity contribution in [2.75, 3.05) is 11.9 Å². The fourth-order valence-corrected chi connectivity index (χ4v) is 4.03. The summed E-state index contributed by atoms with van der Waals surface area (Å²) in [4.78, 5) is 38.5. The van der Waals surface area contributed by atoms with Gasteiger partial charge in [-0.25, -0.2) is 4.68 Å². The summed E-state index contributed by atoms with van der Waals surface area (Å²) in [6.45, 7) is 3.70. The van der Waals surface area contributed by atoms with E-state index < -0.39 is 5.91 Å². The maximum absolute atomic E-state index is 13.0. The number of hydrogen-bond acceptors (Lipinski definition) is 6. The number of nitrogens with two attached hydrogens (primary N) is 1. The molecule has 0 aliphatic heterocycles. The Morgan fingerprint density at radius 3 is 2.54 bits per heavy atom. The SMILES string of the molecule is CCCC(=O)c1cnn(-c2ccc(N(C)C(=O)Cn3cc(C(N)=O)c4cc(Cl)ccc43)nn2)c1C. The number of benzene rings is 1. The molecule has 2 amide bonds. The second kappa shape index (κ2) is 9.67. The van der Waals surface area contributed by atoms with Gasteiger partial charge in [0, 0.05) is 35.6 Å². The number of primary amides is 1. The monoisotopic (exact) mass is 493 g/mol. The Kier molecular flexibility index (Phi) is 6.65. The van der Waals surface area contributed by atoms with Gasteiger partial charge in [-0.3, -0.25) is 19.3 Å². The number of hydrogen-bond donors (Lipinski definition) is 1. The van der Waals surface area contributed by atoms with E-state index in [2.05, 4.69) is 15.3 Å². The molecule has 35 heavy (non-hydrogen) atoms. The zero-order valence-electron chi connectivity index (χ0n) is 19.5. The van der Waals surface area contributed by atoms with Crippen LogP contribution in [0.1, 0.15) is 46.2 Å². The van der Waals surface area contributed by atoms with Crippen LogP contribution in [0, 0.1) is 6.92 Å². The third-order valence-electron chi connectivity index (χ3n) is 5.77. The molecule has 0 atom stereocenters. The van der Waals surface area contributed by atoms with Gasteiger partial charge in [-0.2, -0.15) is 5.10 Å². The van der Waals surface area contributed by atoms with Crippen LogP contribution in [0.5, 0.6) is 0 Å². The van der Waals surface area contributed by atoms with E-state index in [0.29, 0.717) is 45.2 Å².